The third-order valence-electron chi connectivity index (χ3n) is 5.04. The molecule has 0 amide bonds. The van der Waals surface area contributed by atoms with Crippen molar-refractivity contribution in [3.8, 4) is 0 Å². The van der Waals surface area contributed by atoms with Gasteiger partial charge >= 0.3 is 0 Å². The van der Waals surface area contributed by atoms with E-state index >= 15 is 0 Å². The number of hydrogen-bond acceptors (Lipinski definition) is 7. The van der Waals surface area contributed by atoms with Crippen LogP contribution in [0.3, 0.4) is 0 Å². The van der Waals surface area contributed by atoms with Crippen molar-refractivity contribution < 1.29 is 0 Å². The van der Waals surface area contributed by atoms with Gasteiger partial charge in [0.05, 0.1) is 12.1 Å². The molecule has 0 aliphatic carbocycles. The first kappa shape index (κ1) is 20.4. The highest BCUT2D eigenvalue weighted by Gasteiger charge is 2.23. The maximum absolute atomic E-state index is 4.52. The van der Waals surface area contributed by atoms with Gasteiger partial charge in [0.15, 0.2) is 0 Å². The summed E-state index contributed by atoms with van der Waals surface area (Å²) < 4.78 is 0. The van der Waals surface area contributed by atoms with Gasteiger partial charge in [0.2, 0.25) is 5.95 Å². The molecule has 1 aromatic rings. The van der Waals surface area contributed by atoms with E-state index in [-0.39, 0.29) is 0 Å². The Labute approximate surface area is 171 Å². The molecule has 3 rings (SSSR count). The average molecular weight is 404 g/mol. The Bertz CT molecular complexity index is 678. The molecule has 0 spiro atoms. The lowest BCUT2D eigenvalue weighted by Gasteiger charge is -2.38. The van der Waals surface area contributed by atoms with Crippen LogP contribution < -0.4 is 4.90 Å². The highest BCUT2D eigenvalue weighted by Crippen LogP contribution is 2.20. The Balaban J connectivity index is 1.61. The summed E-state index contributed by atoms with van der Waals surface area (Å²) >= 11 is 3.47. The van der Waals surface area contributed by atoms with Crippen LogP contribution in [-0.2, 0) is 0 Å². The molecule has 3 heterocycles. The standard InChI is InChI=1S/C20H29N5S2/c1-16-4-5-18(6-7-21-15-27-14-16)17(2)24-8-10-25(11-9-24)20-22-12-19(26-3)13-23-20/h4-6,12-13,15-17H,7-11,14H2,1-3H3. The van der Waals surface area contributed by atoms with E-state index in [1.165, 1.54) is 5.57 Å². The zero-order chi connectivity index (χ0) is 19.1. The maximum Gasteiger partial charge on any atom is 0.225 e. The molecule has 2 aliphatic rings. The number of piperazine rings is 1. The fraction of sp³-hybridized carbons (Fsp3) is 0.550. The monoisotopic (exact) mass is 403 g/mol. The molecule has 0 saturated carbocycles. The Kier molecular flexibility index (Phi) is 7.79. The molecule has 0 N–H and O–H groups in total. The molecule has 7 heteroatoms. The number of nitrogens with zero attached hydrogens (tertiary/aromatic N) is 5. The first-order chi connectivity index (χ1) is 13.2. The van der Waals surface area contributed by atoms with Gasteiger partial charge in [-0.3, -0.25) is 9.89 Å². The molecular weight excluding hydrogens is 374 g/mol. The Morgan fingerprint density at radius 1 is 1.19 bits per heavy atom. The minimum absolute atomic E-state index is 0.401. The van der Waals surface area contributed by atoms with Gasteiger partial charge in [-0.2, -0.15) is 0 Å². The summed E-state index contributed by atoms with van der Waals surface area (Å²) in [5.41, 5.74) is 3.37. The van der Waals surface area contributed by atoms with Crippen LogP contribution in [0.4, 0.5) is 5.95 Å². The fourth-order valence-electron chi connectivity index (χ4n) is 3.26. The zero-order valence-corrected chi connectivity index (χ0v) is 18.0. The second-order valence-corrected chi connectivity index (χ2v) is 8.72. The van der Waals surface area contributed by atoms with Crippen LogP contribution in [0.15, 0.2) is 46.1 Å². The summed E-state index contributed by atoms with van der Waals surface area (Å²) in [6.45, 7) is 9.31. The zero-order valence-electron chi connectivity index (χ0n) is 16.4. The van der Waals surface area contributed by atoms with Crippen LogP contribution >= 0.6 is 23.5 Å². The van der Waals surface area contributed by atoms with E-state index in [0.29, 0.717) is 12.0 Å². The quantitative estimate of drug-likeness (QED) is 0.716. The average Bonchev–Trinajstić information content (AvgIpc) is 2.72. The molecule has 2 atom stereocenters. The first-order valence-electron chi connectivity index (χ1n) is 9.50. The van der Waals surface area contributed by atoms with Gasteiger partial charge in [-0.05, 0) is 24.7 Å². The molecule has 1 saturated heterocycles. The van der Waals surface area contributed by atoms with Crippen molar-refractivity contribution in [2.75, 3.05) is 49.6 Å². The minimum atomic E-state index is 0.401. The normalized spacial score (nSPS) is 23.1. The fourth-order valence-corrected chi connectivity index (χ4v) is 4.26. The van der Waals surface area contributed by atoms with Crippen molar-refractivity contribution in [2.24, 2.45) is 10.9 Å². The lowest BCUT2D eigenvalue weighted by molar-refractivity contribution is 0.221. The lowest BCUT2D eigenvalue weighted by Crippen LogP contribution is -2.50. The van der Waals surface area contributed by atoms with Gasteiger partial charge in [0.25, 0.3) is 0 Å². The third-order valence-corrected chi connectivity index (χ3v) is 6.73. The summed E-state index contributed by atoms with van der Waals surface area (Å²) in [6, 6.07) is 0.401. The van der Waals surface area contributed by atoms with Crippen molar-refractivity contribution in [3.63, 3.8) is 0 Å². The summed E-state index contributed by atoms with van der Waals surface area (Å²) in [5.74, 6) is 2.50. The van der Waals surface area contributed by atoms with Crippen molar-refractivity contribution in [2.45, 2.75) is 24.8 Å². The predicted molar refractivity (Wildman–Crippen MR) is 119 cm³/mol. The molecule has 2 aliphatic heterocycles. The molecule has 0 bridgehead atoms. The number of aromatic nitrogens is 2. The number of thioether (sulfide) groups is 2. The number of rotatable bonds is 4. The highest BCUT2D eigenvalue weighted by atomic mass is 32.2. The van der Waals surface area contributed by atoms with E-state index in [1.54, 1.807) is 23.5 Å². The van der Waals surface area contributed by atoms with Crippen LogP contribution in [0.25, 0.3) is 0 Å². The van der Waals surface area contributed by atoms with Gasteiger partial charge in [0.1, 0.15) is 0 Å². The molecule has 1 aromatic heterocycles. The SMILES string of the molecule is CSc1cnc(N2CCN(C(C)C3=CCN=CSCC(C)C=C3)CC2)nc1. The number of aliphatic imine (C=N–C) groups is 1. The summed E-state index contributed by atoms with van der Waals surface area (Å²) in [7, 11) is 0. The Hall–Kier alpha value is -1.31. The van der Waals surface area contributed by atoms with Crippen LogP contribution in [0.5, 0.6) is 0 Å². The largest absolute Gasteiger partial charge is 0.338 e. The summed E-state index contributed by atoms with van der Waals surface area (Å²) in [4.78, 5) is 19.5. The molecule has 5 nitrogen and oxygen atoms in total. The minimum Gasteiger partial charge on any atom is -0.338 e. The predicted octanol–water partition coefficient (Wildman–Crippen LogP) is 3.60. The summed E-state index contributed by atoms with van der Waals surface area (Å²) in [5, 5.41) is 0. The van der Waals surface area contributed by atoms with Crippen LogP contribution in [0.2, 0.25) is 0 Å². The number of allylic oxidation sites excluding steroid dienone is 1. The molecular formula is C20H29N5S2. The van der Waals surface area contributed by atoms with Crippen LogP contribution in [-0.4, -0.2) is 71.2 Å². The van der Waals surface area contributed by atoms with E-state index in [2.05, 4.69) is 56.8 Å². The smallest absolute Gasteiger partial charge is 0.225 e. The third kappa shape index (κ3) is 5.83. The van der Waals surface area contributed by atoms with Crippen molar-refractivity contribution in [3.05, 3.63) is 36.2 Å². The lowest BCUT2D eigenvalue weighted by atomic mass is 10.0. The van der Waals surface area contributed by atoms with E-state index in [1.807, 2.05) is 24.2 Å². The molecule has 146 valence electrons. The molecule has 2 unspecified atom stereocenters. The van der Waals surface area contributed by atoms with Gasteiger partial charge in [-0.1, -0.05) is 25.2 Å². The number of anilines is 1. The second-order valence-electron chi connectivity index (χ2n) is 6.97. The van der Waals surface area contributed by atoms with Crippen molar-refractivity contribution in [1.82, 2.24) is 14.9 Å². The van der Waals surface area contributed by atoms with Crippen molar-refractivity contribution >= 4 is 35.0 Å². The maximum atomic E-state index is 4.52. The molecule has 27 heavy (non-hydrogen) atoms. The molecule has 1 fully saturated rings. The summed E-state index contributed by atoms with van der Waals surface area (Å²) in [6.07, 6.45) is 12.8. The molecule has 0 radical (unpaired) electrons. The highest BCUT2D eigenvalue weighted by molar-refractivity contribution is 8.12. The van der Waals surface area contributed by atoms with Gasteiger partial charge in [-0.25, -0.2) is 9.97 Å². The van der Waals surface area contributed by atoms with Crippen LogP contribution in [0, 0.1) is 5.92 Å². The first-order valence-corrected chi connectivity index (χ1v) is 11.8. The second kappa shape index (κ2) is 10.3. The van der Waals surface area contributed by atoms with E-state index < -0.39 is 0 Å². The van der Waals surface area contributed by atoms with Gasteiger partial charge < -0.3 is 4.90 Å². The van der Waals surface area contributed by atoms with E-state index in [0.717, 1.165) is 49.3 Å². The van der Waals surface area contributed by atoms with Gasteiger partial charge in [0, 0.05) is 55.3 Å². The van der Waals surface area contributed by atoms with E-state index in [9.17, 15) is 0 Å². The Morgan fingerprint density at radius 2 is 1.93 bits per heavy atom. The van der Waals surface area contributed by atoms with E-state index in [4.69, 9.17) is 0 Å². The number of hydrogen-bond donors (Lipinski definition) is 0. The van der Waals surface area contributed by atoms with Crippen molar-refractivity contribution in [1.29, 1.82) is 0 Å². The van der Waals surface area contributed by atoms with Gasteiger partial charge in [-0.15, -0.1) is 23.5 Å². The topological polar surface area (TPSA) is 44.6 Å². The Morgan fingerprint density at radius 3 is 2.63 bits per heavy atom. The van der Waals surface area contributed by atoms with Crippen LogP contribution in [0.1, 0.15) is 13.8 Å². The molecule has 0 aromatic carbocycles.